The van der Waals surface area contributed by atoms with Crippen LogP contribution in [0.3, 0.4) is 0 Å². The highest BCUT2D eigenvalue weighted by Gasteiger charge is 2.36. The molecule has 0 bridgehead atoms. The van der Waals surface area contributed by atoms with E-state index in [1.807, 2.05) is 17.0 Å². The molecule has 2 aliphatic rings. The van der Waals surface area contributed by atoms with Gasteiger partial charge in [0.2, 0.25) is 5.91 Å². The number of amides is 2. The van der Waals surface area contributed by atoms with Crippen LogP contribution in [0.15, 0.2) is 48.5 Å². The molecule has 0 saturated carbocycles. The van der Waals surface area contributed by atoms with E-state index in [-0.39, 0.29) is 29.6 Å². The number of rotatable bonds is 5. The minimum absolute atomic E-state index is 0.131. The zero-order valence-corrected chi connectivity index (χ0v) is 17.9. The molecule has 6 heteroatoms. The summed E-state index contributed by atoms with van der Waals surface area (Å²) in [5.74, 6) is 0.326. The molecule has 2 heterocycles. The van der Waals surface area contributed by atoms with Gasteiger partial charge in [-0.3, -0.25) is 9.59 Å². The molecule has 2 aromatic rings. The summed E-state index contributed by atoms with van der Waals surface area (Å²) in [5, 5.41) is 0. The van der Waals surface area contributed by atoms with Crippen molar-refractivity contribution < 1.29 is 18.7 Å². The summed E-state index contributed by atoms with van der Waals surface area (Å²) in [4.78, 5) is 30.0. The lowest BCUT2D eigenvalue weighted by Gasteiger charge is -2.35. The first-order valence-corrected chi connectivity index (χ1v) is 11.0. The molecule has 2 atom stereocenters. The highest BCUT2D eigenvalue weighted by atomic mass is 19.1. The molecule has 2 aliphatic heterocycles. The zero-order valence-electron chi connectivity index (χ0n) is 17.9. The minimum Gasteiger partial charge on any atom is -0.497 e. The summed E-state index contributed by atoms with van der Waals surface area (Å²) in [6.45, 7) is 1.85. The third-order valence-electron chi connectivity index (χ3n) is 6.44. The number of methoxy groups -OCH3 is 1. The number of carbonyl (C=O) groups excluding carboxylic acids is 2. The van der Waals surface area contributed by atoms with E-state index < -0.39 is 0 Å². The van der Waals surface area contributed by atoms with E-state index in [0.717, 1.165) is 44.4 Å². The van der Waals surface area contributed by atoms with Crippen LogP contribution >= 0.6 is 0 Å². The number of halogens is 1. The van der Waals surface area contributed by atoms with Crippen LogP contribution in [-0.2, 0) is 11.2 Å². The van der Waals surface area contributed by atoms with E-state index in [2.05, 4.69) is 12.1 Å². The molecular weight excluding hydrogens is 395 g/mol. The lowest BCUT2D eigenvalue weighted by Crippen LogP contribution is -2.48. The highest BCUT2D eigenvalue weighted by Crippen LogP contribution is 2.27. The van der Waals surface area contributed by atoms with Gasteiger partial charge in [-0.05, 0) is 74.1 Å². The molecule has 0 N–H and O–H groups in total. The number of ether oxygens (including phenoxy) is 1. The fourth-order valence-corrected chi connectivity index (χ4v) is 4.74. The first kappa shape index (κ1) is 21.3. The van der Waals surface area contributed by atoms with Crippen molar-refractivity contribution >= 4 is 11.8 Å². The fraction of sp³-hybridized carbons (Fsp3) is 0.440. The maximum atomic E-state index is 13.4. The highest BCUT2D eigenvalue weighted by molar-refractivity contribution is 5.94. The van der Waals surface area contributed by atoms with E-state index >= 15 is 0 Å². The van der Waals surface area contributed by atoms with Crippen LogP contribution in [0.2, 0.25) is 0 Å². The van der Waals surface area contributed by atoms with Gasteiger partial charge in [-0.15, -0.1) is 0 Å². The second-order valence-electron chi connectivity index (χ2n) is 8.48. The molecule has 2 amide bonds. The van der Waals surface area contributed by atoms with Crippen molar-refractivity contribution in [1.29, 1.82) is 0 Å². The lowest BCUT2D eigenvalue weighted by atomic mass is 9.95. The predicted octanol–water partition coefficient (Wildman–Crippen LogP) is 3.92. The Morgan fingerprint density at radius 1 is 1.00 bits per heavy atom. The molecule has 164 valence electrons. The van der Waals surface area contributed by atoms with Crippen LogP contribution in [0, 0.1) is 11.7 Å². The van der Waals surface area contributed by atoms with Crippen molar-refractivity contribution in [2.24, 2.45) is 5.92 Å². The topological polar surface area (TPSA) is 49.9 Å². The van der Waals surface area contributed by atoms with Crippen molar-refractivity contribution in [2.45, 2.75) is 38.1 Å². The van der Waals surface area contributed by atoms with Gasteiger partial charge in [0.25, 0.3) is 5.91 Å². The van der Waals surface area contributed by atoms with Crippen molar-refractivity contribution in [3.63, 3.8) is 0 Å². The Labute approximate surface area is 182 Å². The molecular formula is C25H29FN2O3. The lowest BCUT2D eigenvalue weighted by molar-refractivity contribution is -0.137. The van der Waals surface area contributed by atoms with Gasteiger partial charge in [-0.1, -0.05) is 12.1 Å². The van der Waals surface area contributed by atoms with E-state index in [9.17, 15) is 14.0 Å². The molecule has 0 radical (unpaired) electrons. The van der Waals surface area contributed by atoms with Crippen LogP contribution in [0.1, 0.15) is 41.6 Å². The number of hydrogen-bond acceptors (Lipinski definition) is 3. The summed E-state index contributed by atoms with van der Waals surface area (Å²) in [6.07, 6.45) is 4.46. The molecule has 2 aromatic carbocycles. The number of hydrogen-bond donors (Lipinski definition) is 0. The molecule has 0 aliphatic carbocycles. The van der Waals surface area contributed by atoms with Crippen molar-refractivity contribution in [3.8, 4) is 5.75 Å². The molecule has 0 spiro atoms. The van der Waals surface area contributed by atoms with Gasteiger partial charge in [-0.25, -0.2) is 4.39 Å². The van der Waals surface area contributed by atoms with Gasteiger partial charge in [0.1, 0.15) is 11.6 Å². The number of carbonyl (C=O) groups is 2. The van der Waals surface area contributed by atoms with Gasteiger partial charge >= 0.3 is 0 Å². The third-order valence-corrected chi connectivity index (χ3v) is 6.44. The Bertz CT molecular complexity index is 913. The summed E-state index contributed by atoms with van der Waals surface area (Å²) in [7, 11) is 1.65. The third kappa shape index (κ3) is 4.89. The number of nitrogens with zero attached hydrogens (tertiary/aromatic N) is 2. The fourth-order valence-electron chi connectivity index (χ4n) is 4.74. The maximum absolute atomic E-state index is 13.4. The van der Waals surface area contributed by atoms with Crippen molar-refractivity contribution in [1.82, 2.24) is 9.80 Å². The Morgan fingerprint density at radius 2 is 1.71 bits per heavy atom. The summed E-state index contributed by atoms with van der Waals surface area (Å²) >= 11 is 0. The van der Waals surface area contributed by atoms with Gasteiger partial charge in [0.05, 0.1) is 13.0 Å². The molecule has 0 aromatic heterocycles. The Morgan fingerprint density at radius 3 is 2.42 bits per heavy atom. The second-order valence-corrected chi connectivity index (χ2v) is 8.48. The van der Waals surface area contributed by atoms with Crippen LogP contribution < -0.4 is 4.74 Å². The first-order chi connectivity index (χ1) is 15.0. The van der Waals surface area contributed by atoms with Gasteiger partial charge in [0, 0.05) is 31.2 Å². The summed E-state index contributed by atoms with van der Waals surface area (Å²) < 4.78 is 18.4. The van der Waals surface area contributed by atoms with E-state index in [0.29, 0.717) is 18.7 Å². The zero-order chi connectivity index (χ0) is 21.8. The molecule has 31 heavy (non-hydrogen) atoms. The van der Waals surface area contributed by atoms with E-state index in [1.54, 1.807) is 12.0 Å². The van der Waals surface area contributed by atoms with Crippen LogP contribution in [0.5, 0.6) is 5.75 Å². The van der Waals surface area contributed by atoms with E-state index in [1.165, 1.54) is 29.8 Å². The summed E-state index contributed by atoms with van der Waals surface area (Å²) in [6, 6.07) is 13.8. The molecule has 2 fully saturated rings. The molecule has 2 unspecified atom stereocenters. The maximum Gasteiger partial charge on any atom is 0.253 e. The normalized spacial score (nSPS) is 21.2. The Hall–Kier alpha value is -2.89. The quantitative estimate of drug-likeness (QED) is 0.731. The monoisotopic (exact) mass is 424 g/mol. The Kier molecular flexibility index (Phi) is 6.54. The van der Waals surface area contributed by atoms with Crippen molar-refractivity contribution in [2.75, 3.05) is 26.7 Å². The van der Waals surface area contributed by atoms with Crippen LogP contribution in [0.25, 0.3) is 0 Å². The number of piperidine rings is 1. The molecule has 4 rings (SSSR count). The van der Waals surface area contributed by atoms with Gasteiger partial charge < -0.3 is 14.5 Å². The largest absolute Gasteiger partial charge is 0.497 e. The number of benzene rings is 2. The minimum atomic E-state index is -0.361. The average molecular weight is 425 g/mol. The van der Waals surface area contributed by atoms with Crippen molar-refractivity contribution in [3.05, 3.63) is 65.5 Å². The SMILES string of the molecule is COc1ccc(CC2CCCN2C(=O)C2CCCN(C(=O)c3ccc(F)cc3)C2)cc1. The predicted molar refractivity (Wildman–Crippen MR) is 116 cm³/mol. The molecule has 5 nitrogen and oxygen atoms in total. The Balaban J connectivity index is 1.40. The standard InChI is InChI=1S/C25H29FN2O3/c1-31-23-12-6-18(7-13-23)16-22-5-3-15-28(22)25(30)20-4-2-14-27(17-20)24(29)19-8-10-21(26)11-9-19/h6-13,20,22H,2-5,14-17H2,1H3. The van der Waals surface area contributed by atoms with Crippen LogP contribution in [-0.4, -0.2) is 54.4 Å². The first-order valence-electron chi connectivity index (χ1n) is 11.0. The van der Waals surface area contributed by atoms with Gasteiger partial charge in [-0.2, -0.15) is 0 Å². The van der Waals surface area contributed by atoms with E-state index in [4.69, 9.17) is 4.74 Å². The summed E-state index contributed by atoms with van der Waals surface area (Å²) in [5.41, 5.74) is 1.66. The smallest absolute Gasteiger partial charge is 0.253 e. The number of likely N-dealkylation sites (tertiary alicyclic amines) is 2. The average Bonchev–Trinajstić information content (AvgIpc) is 3.27. The molecule has 2 saturated heterocycles. The van der Waals surface area contributed by atoms with Gasteiger partial charge in [0.15, 0.2) is 0 Å². The second kappa shape index (κ2) is 9.50. The van der Waals surface area contributed by atoms with Crippen LogP contribution in [0.4, 0.5) is 4.39 Å².